The van der Waals surface area contributed by atoms with E-state index in [1.54, 1.807) is 67.7 Å². The number of aliphatic hydroxyl groups is 1. The Bertz CT molecular complexity index is 1470. The molecular weight excluding hydrogens is 522 g/mol. The van der Waals surface area contributed by atoms with E-state index in [1.807, 2.05) is 13.0 Å². The van der Waals surface area contributed by atoms with Gasteiger partial charge in [-0.25, -0.2) is 8.42 Å². The number of rotatable bonds is 6. The third-order valence-corrected chi connectivity index (χ3v) is 9.10. The number of carbonyl (C=O) groups is 1. The quantitative estimate of drug-likeness (QED) is 0.495. The number of fused-ring (bicyclic) bond motifs is 2. The summed E-state index contributed by atoms with van der Waals surface area (Å²) in [6.07, 6.45) is 2.81. The van der Waals surface area contributed by atoms with E-state index >= 15 is 0 Å². The molecule has 3 aromatic rings. The first-order chi connectivity index (χ1) is 18.7. The monoisotopic (exact) mass is 553 g/mol. The highest BCUT2D eigenvalue weighted by Crippen LogP contribution is 2.37. The Hall–Kier alpha value is -3.67. The third-order valence-electron chi connectivity index (χ3n) is 7.08. The topological polar surface area (TPSA) is 118 Å². The van der Waals surface area contributed by atoms with Gasteiger partial charge in [0.2, 0.25) is 16.8 Å². The average Bonchev–Trinajstić information content (AvgIpc) is 3.42. The Morgan fingerprint density at radius 2 is 1.92 bits per heavy atom. The Labute approximate surface area is 227 Å². The van der Waals surface area contributed by atoms with E-state index < -0.39 is 22.2 Å². The minimum Gasteiger partial charge on any atom is -0.487 e. The van der Waals surface area contributed by atoms with Gasteiger partial charge < -0.3 is 24.2 Å². The maximum Gasteiger partial charge on any atom is 0.253 e. The van der Waals surface area contributed by atoms with Gasteiger partial charge in [-0.3, -0.25) is 9.78 Å². The first kappa shape index (κ1) is 26.9. The van der Waals surface area contributed by atoms with Crippen LogP contribution in [-0.4, -0.2) is 79.3 Å². The lowest BCUT2D eigenvalue weighted by atomic mass is 10.0. The van der Waals surface area contributed by atoms with Gasteiger partial charge in [-0.1, -0.05) is 19.1 Å². The maximum absolute atomic E-state index is 13.7. The average molecular weight is 554 g/mol. The number of aromatic nitrogens is 1. The number of amides is 1. The van der Waals surface area contributed by atoms with Gasteiger partial charge in [-0.05, 0) is 48.9 Å². The molecule has 1 amide bonds. The molecule has 5 rings (SSSR count). The second-order valence-corrected chi connectivity index (χ2v) is 11.8. The van der Waals surface area contributed by atoms with Crippen molar-refractivity contribution in [1.29, 1.82) is 0 Å². The second kappa shape index (κ2) is 10.8. The molecule has 2 aliphatic heterocycles. The van der Waals surface area contributed by atoms with Crippen LogP contribution < -0.4 is 14.2 Å². The fraction of sp³-hybridized carbons (Fsp3) is 0.357. The number of hydrogen-bond donors (Lipinski definition) is 1. The van der Waals surface area contributed by atoms with E-state index in [0.717, 1.165) is 11.1 Å². The predicted molar refractivity (Wildman–Crippen MR) is 143 cm³/mol. The van der Waals surface area contributed by atoms with Crippen LogP contribution in [0.15, 0.2) is 65.8 Å². The van der Waals surface area contributed by atoms with Crippen LogP contribution in [0.2, 0.25) is 0 Å². The lowest BCUT2D eigenvalue weighted by Gasteiger charge is -2.37. The molecule has 3 atom stereocenters. The molecule has 0 fully saturated rings. The smallest absolute Gasteiger partial charge is 0.253 e. The van der Waals surface area contributed by atoms with Crippen molar-refractivity contribution < 1.29 is 32.5 Å². The van der Waals surface area contributed by atoms with E-state index in [9.17, 15) is 18.3 Å². The van der Waals surface area contributed by atoms with Gasteiger partial charge in [0, 0.05) is 49.1 Å². The summed E-state index contributed by atoms with van der Waals surface area (Å²) in [5.74, 6) is 0.749. The first-order valence-electron chi connectivity index (χ1n) is 12.7. The Kier molecular flexibility index (Phi) is 7.48. The van der Waals surface area contributed by atoms with Crippen LogP contribution in [0.1, 0.15) is 24.2 Å². The van der Waals surface area contributed by atoms with Gasteiger partial charge in [0.25, 0.3) is 5.91 Å². The normalized spacial score (nSPS) is 20.7. The largest absolute Gasteiger partial charge is 0.487 e. The molecule has 0 radical (unpaired) electrons. The lowest BCUT2D eigenvalue weighted by molar-refractivity contribution is 0.0563. The molecule has 0 spiro atoms. The number of hydrogen-bond acceptors (Lipinski definition) is 8. The number of nitrogens with zero attached hydrogens (tertiary/aromatic N) is 3. The van der Waals surface area contributed by atoms with E-state index in [1.165, 1.54) is 10.4 Å². The molecule has 0 aliphatic carbocycles. The number of sulfonamides is 1. The Morgan fingerprint density at radius 3 is 2.67 bits per heavy atom. The zero-order valence-electron chi connectivity index (χ0n) is 22.0. The highest BCUT2D eigenvalue weighted by atomic mass is 32.2. The second-order valence-electron chi connectivity index (χ2n) is 9.90. The third kappa shape index (κ3) is 5.29. The molecule has 1 aromatic heterocycles. The van der Waals surface area contributed by atoms with Gasteiger partial charge in [0.1, 0.15) is 16.7 Å². The Morgan fingerprint density at radius 1 is 1.13 bits per heavy atom. The van der Waals surface area contributed by atoms with Crippen LogP contribution in [0.25, 0.3) is 11.1 Å². The van der Waals surface area contributed by atoms with Crippen molar-refractivity contribution in [2.75, 3.05) is 33.5 Å². The van der Waals surface area contributed by atoms with Crippen molar-refractivity contribution in [3.63, 3.8) is 0 Å². The molecule has 11 heteroatoms. The number of ether oxygens (including phenoxy) is 3. The number of likely N-dealkylation sites (N-methyl/N-ethyl adjacent to an activating group) is 1. The maximum atomic E-state index is 13.7. The standard InChI is InChI=1S/C28H31N3O7S/c1-18-14-31(19(2)16-32)39(34,35)27-9-7-20(22-5-4-10-29-13-22)11-25(27)38-26(18)15-30(3)28(33)21-6-8-23-24(12-21)37-17-36-23/h4-13,18-19,26,32H,14-17H2,1-3H3/t18-,19+,26-/m1/s1. The van der Waals surface area contributed by atoms with Crippen LogP contribution in [-0.2, 0) is 10.0 Å². The SMILES string of the molecule is C[C@@H]1CN([C@@H](C)CO)S(=O)(=O)c2ccc(-c3cccnc3)cc2O[C@@H]1CN(C)C(=O)c1ccc2c(c1)OCO2. The van der Waals surface area contributed by atoms with Crippen molar-refractivity contribution in [3.8, 4) is 28.4 Å². The summed E-state index contributed by atoms with van der Waals surface area (Å²) < 4.78 is 45.9. The number of carbonyl (C=O) groups excluding carboxylic acids is 1. The molecule has 1 N–H and O–H groups in total. The molecule has 2 aliphatic rings. The summed E-state index contributed by atoms with van der Waals surface area (Å²) in [6, 6.07) is 13.0. The van der Waals surface area contributed by atoms with Gasteiger partial charge in [0.05, 0.1) is 13.2 Å². The molecule has 2 aromatic carbocycles. The van der Waals surface area contributed by atoms with Gasteiger partial charge in [0.15, 0.2) is 11.5 Å². The Balaban J connectivity index is 1.49. The fourth-order valence-electron chi connectivity index (χ4n) is 4.76. The fourth-order valence-corrected chi connectivity index (χ4v) is 6.59. The van der Waals surface area contributed by atoms with E-state index in [4.69, 9.17) is 14.2 Å². The van der Waals surface area contributed by atoms with Crippen LogP contribution in [0, 0.1) is 5.92 Å². The van der Waals surface area contributed by atoms with Crippen molar-refractivity contribution in [1.82, 2.24) is 14.2 Å². The van der Waals surface area contributed by atoms with Crippen molar-refractivity contribution in [3.05, 3.63) is 66.5 Å². The zero-order valence-corrected chi connectivity index (χ0v) is 22.8. The molecule has 39 heavy (non-hydrogen) atoms. The number of pyridine rings is 1. The predicted octanol–water partition coefficient (Wildman–Crippen LogP) is 3.02. The molecule has 0 bridgehead atoms. The van der Waals surface area contributed by atoms with Crippen LogP contribution >= 0.6 is 0 Å². The molecular formula is C28H31N3O7S. The minimum atomic E-state index is -3.98. The van der Waals surface area contributed by atoms with Gasteiger partial charge in [-0.2, -0.15) is 4.31 Å². The van der Waals surface area contributed by atoms with Crippen molar-refractivity contribution in [2.24, 2.45) is 5.92 Å². The minimum absolute atomic E-state index is 0.0112. The van der Waals surface area contributed by atoms with Crippen LogP contribution in [0.3, 0.4) is 0 Å². The highest BCUT2D eigenvalue weighted by molar-refractivity contribution is 7.89. The van der Waals surface area contributed by atoms with E-state index in [0.29, 0.717) is 17.1 Å². The number of aliphatic hydroxyl groups excluding tert-OH is 1. The van der Waals surface area contributed by atoms with Crippen molar-refractivity contribution in [2.45, 2.75) is 30.9 Å². The van der Waals surface area contributed by atoms with Gasteiger partial charge >= 0.3 is 0 Å². The van der Waals surface area contributed by atoms with E-state index in [-0.39, 0.29) is 49.0 Å². The highest BCUT2D eigenvalue weighted by Gasteiger charge is 2.38. The summed E-state index contributed by atoms with van der Waals surface area (Å²) in [6.45, 7) is 3.65. The summed E-state index contributed by atoms with van der Waals surface area (Å²) in [5, 5.41) is 9.87. The molecule has 3 heterocycles. The molecule has 0 saturated heterocycles. The van der Waals surface area contributed by atoms with Crippen LogP contribution in [0.4, 0.5) is 0 Å². The molecule has 206 valence electrons. The van der Waals surface area contributed by atoms with Crippen LogP contribution in [0.5, 0.6) is 17.2 Å². The van der Waals surface area contributed by atoms with Gasteiger partial charge in [-0.15, -0.1) is 0 Å². The summed E-state index contributed by atoms with van der Waals surface area (Å²) in [4.78, 5) is 19.0. The summed E-state index contributed by atoms with van der Waals surface area (Å²) in [7, 11) is -2.30. The lowest BCUT2D eigenvalue weighted by Crippen LogP contribution is -2.50. The van der Waals surface area contributed by atoms with E-state index in [2.05, 4.69) is 4.98 Å². The molecule has 10 nitrogen and oxygen atoms in total. The number of benzene rings is 2. The summed E-state index contributed by atoms with van der Waals surface area (Å²) in [5.41, 5.74) is 2.00. The molecule has 0 saturated carbocycles. The van der Waals surface area contributed by atoms with Crippen molar-refractivity contribution >= 4 is 15.9 Å². The zero-order chi connectivity index (χ0) is 27.7. The first-order valence-corrected chi connectivity index (χ1v) is 14.1. The summed E-state index contributed by atoms with van der Waals surface area (Å²) >= 11 is 0. The molecule has 0 unspecified atom stereocenters.